The molecule has 2 unspecified atom stereocenters. The van der Waals surface area contributed by atoms with Crippen LogP contribution in [0.5, 0.6) is 0 Å². The third-order valence-electron chi connectivity index (χ3n) is 3.83. The molecular weight excluding hydrogens is 244 g/mol. The molecule has 5 nitrogen and oxygen atoms in total. The van der Waals surface area contributed by atoms with E-state index in [0.717, 1.165) is 12.1 Å². The molecule has 0 aliphatic carbocycles. The molecule has 2 atom stereocenters. The molecule has 0 radical (unpaired) electrons. The average Bonchev–Trinajstić information content (AvgIpc) is 2.72. The lowest BCUT2D eigenvalue weighted by molar-refractivity contribution is -0.142. The molecule has 3 N–H and O–H groups in total. The minimum atomic E-state index is -0.723. The van der Waals surface area contributed by atoms with E-state index >= 15 is 0 Å². The highest BCUT2D eigenvalue weighted by atomic mass is 16.4. The fraction of sp³-hybridized carbons (Fsp3) is 0.429. The number of carboxylic acids is 1. The summed E-state index contributed by atoms with van der Waals surface area (Å²) in [6.45, 7) is 3.43. The normalized spacial score (nSPS) is 23.4. The number of primary amides is 1. The Bertz CT molecular complexity index is 484. The minimum Gasteiger partial charge on any atom is -0.481 e. The van der Waals surface area contributed by atoms with Crippen LogP contribution in [0.4, 0.5) is 0 Å². The molecule has 2 rings (SSSR count). The van der Waals surface area contributed by atoms with E-state index in [1.807, 2.05) is 19.1 Å². The van der Waals surface area contributed by atoms with Crippen LogP contribution >= 0.6 is 0 Å². The summed E-state index contributed by atoms with van der Waals surface area (Å²) in [5.41, 5.74) is 6.73. The van der Waals surface area contributed by atoms with Gasteiger partial charge in [0.1, 0.15) is 0 Å². The lowest BCUT2D eigenvalue weighted by atomic mass is 10.0. The smallest absolute Gasteiger partial charge is 0.308 e. The number of benzene rings is 1. The van der Waals surface area contributed by atoms with Crippen molar-refractivity contribution < 1.29 is 14.7 Å². The summed E-state index contributed by atoms with van der Waals surface area (Å²) in [5.74, 6) is -1.45. The van der Waals surface area contributed by atoms with Crippen molar-refractivity contribution in [2.24, 2.45) is 11.7 Å². The molecule has 1 heterocycles. The van der Waals surface area contributed by atoms with Crippen LogP contribution in [-0.2, 0) is 11.3 Å². The Hall–Kier alpha value is -1.88. The lowest BCUT2D eigenvalue weighted by Crippen LogP contribution is -2.32. The third kappa shape index (κ3) is 2.93. The number of hydrogen-bond acceptors (Lipinski definition) is 3. The van der Waals surface area contributed by atoms with Gasteiger partial charge in [0, 0.05) is 18.2 Å². The maximum Gasteiger partial charge on any atom is 0.308 e. The van der Waals surface area contributed by atoms with E-state index in [-0.39, 0.29) is 12.0 Å². The summed E-state index contributed by atoms with van der Waals surface area (Å²) in [5, 5.41) is 9.09. The van der Waals surface area contributed by atoms with Crippen molar-refractivity contribution in [2.45, 2.75) is 25.9 Å². The number of hydrogen-bond donors (Lipinski definition) is 2. The van der Waals surface area contributed by atoms with Gasteiger partial charge >= 0.3 is 5.97 Å². The molecule has 1 amide bonds. The topological polar surface area (TPSA) is 83.6 Å². The van der Waals surface area contributed by atoms with Crippen LogP contribution in [0.15, 0.2) is 24.3 Å². The average molecular weight is 262 g/mol. The quantitative estimate of drug-likeness (QED) is 0.850. The molecule has 1 aromatic carbocycles. The minimum absolute atomic E-state index is 0.0355. The zero-order valence-electron chi connectivity index (χ0n) is 10.9. The second-order valence-corrected chi connectivity index (χ2v) is 5.01. The largest absolute Gasteiger partial charge is 0.481 e. The SMILES string of the molecule is CC1C(C(=O)O)CCN1Cc1ccc(C(N)=O)cc1. The number of carbonyl (C=O) groups is 2. The molecule has 1 aliphatic heterocycles. The highest BCUT2D eigenvalue weighted by Crippen LogP contribution is 2.26. The molecule has 1 aromatic rings. The summed E-state index contributed by atoms with van der Waals surface area (Å²) in [7, 11) is 0. The summed E-state index contributed by atoms with van der Waals surface area (Å²) in [4.78, 5) is 24.2. The van der Waals surface area contributed by atoms with Gasteiger partial charge in [-0.25, -0.2) is 0 Å². The van der Waals surface area contributed by atoms with E-state index in [9.17, 15) is 9.59 Å². The molecule has 0 saturated carbocycles. The number of nitrogens with zero attached hydrogens (tertiary/aromatic N) is 1. The number of likely N-dealkylation sites (tertiary alicyclic amines) is 1. The van der Waals surface area contributed by atoms with Crippen LogP contribution in [0.3, 0.4) is 0 Å². The van der Waals surface area contributed by atoms with Crippen molar-refractivity contribution in [1.29, 1.82) is 0 Å². The van der Waals surface area contributed by atoms with Gasteiger partial charge in [-0.3, -0.25) is 14.5 Å². The van der Waals surface area contributed by atoms with E-state index in [4.69, 9.17) is 10.8 Å². The summed E-state index contributed by atoms with van der Waals surface area (Å²) in [6, 6.07) is 7.16. The monoisotopic (exact) mass is 262 g/mol. The zero-order valence-corrected chi connectivity index (χ0v) is 10.9. The first-order valence-electron chi connectivity index (χ1n) is 6.34. The number of carboxylic acid groups (broad SMARTS) is 1. The maximum absolute atomic E-state index is 11.1. The highest BCUT2D eigenvalue weighted by Gasteiger charge is 2.35. The Kier molecular flexibility index (Phi) is 3.85. The fourth-order valence-electron chi connectivity index (χ4n) is 2.57. The van der Waals surface area contributed by atoms with Crippen molar-refractivity contribution in [3.05, 3.63) is 35.4 Å². The Morgan fingerprint density at radius 1 is 1.37 bits per heavy atom. The predicted molar refractivity (Wildman–Crippen MR) is 70.6 cm³/mol. The maximum atomic E-state index is 11.1. The molecule has 1 aliphatic rings. The first-order chi connectivity index (χ1) is 8.99. The van der Waals surface area contributed by atoms with Crippen molar-refractivity contribution in [3.8, 4) is 0 Å². The molecular formula is C14H18N2O3. The van der Waals surface area contributed by atoms with Crippen LogP contribution in [0.2, 0.25) is 0 Å². The van der Waals surface area contributed by atoms with Gasteiger partial charge in [-0.1, -0.05) is 12.1 Å². The first-order valence-corrected chi connectivity index (χ1v) is 6.34. The van der Waals surface area contributed by atoms with Gasteiger partial charge in [-0.2, -0.15) is 0 Å². The fourth-order valence-corrected chi connectivity index (χ4v) is 2.57. The first kappa shape index (κ1) is 13.5. The lowest BCUT2D eigenvalue weighted by Gasteiger charge is -2.23. The summed E-state index contributed by atoms with van der Waals surface area (Å²) in [6.07, 6.45) is 0.690. The van der Waals surface area contributed by atoms with E-state index in [1.165, 1.54) is 0 Å². The van der Waals surface area contributed by atoms with Crippen molar-refractivity contribution in [3.63, 3.8) is 0 Å². The van der Waals surface area contributed by atoms with Gasteiger partial charge in [0.2, 0.25) is 5.91 Å². The van der Waals surface area contributed by atoms with E-state index in [0.29, 0.717) is 18.5 Å². The molecule has 0 aromatic heterocycles. The van der Waals surface area contributed by atoms with Crippen molar-refractivity contribution >= 4 is 11.9 Å². The molecule has 0 bridgehead atoms. The number of amides is 1. The van der Waals surface area contributed by atoms with Gasteiger partial charge in [-0.05, 0) is 37.6 Å². The number of carbonyl (C=O) groups excluding carboxylic acids is 1. The van der Waals surface area contributed by atoms with Gasteiger partial charge < -0.3 is 10.8 Å². The standard InChI is InChI=1S/C14H18N2O3/c1-9-12(14(18)19)6-7-16(9)8-10-2-4-11(5-3-10)13(15)17/h2-5,9,12H,6-8H2,1H3,(H2,15,17)(H,18,19). The van der Waals surface area contributed by atoms with Gasteiger partial charge in [0.15, 0.2) is 0 Å². The van der Waals surface area contributed by atoms with Crippen LogP contribution in [-0.4, -0.2) is 34.5 Å². The summed E-state index contributed by atoms with van der Waals surface area (Å²) >= 11 is 0. The predicted octanol–water partition coefficient (Wildman–Crippen LogP) is 1.08. The Balaban J connectivity index is 2.02. The number of aliphatic carboxylic acids is 1. The third-order valence-corrected chi connectivity index (χ3v) is 3.83. The second kappa shape index (κ2) is 5.40. The van der Waals surface area contributed by atoms with Crippen LogP contribution < -0.4 is 5.73 Å². The van der Waals surface area contributed by atoms with Crippen LogP contribution in [0.1, 0.15) is 29.3 Å². The molecule has 5 heteroatoms. The van der Waals surface area contributed by atoms with Gasteiger partial charge in [-0.15, -0.1) is 0 Å². The van der Waals surface area contributed by atoms with Crippen molar-refractivity contribution in [1.82, 2.24) is 4.90 Å². The highest BCUT2D eigenvalue weighted by molar-refractivity contribution is 5.92. The van der Waals surface area contributed by atoms with Crippen LogP contribution in [0.25, 0.3) is 0 Å². The van der Waals surface area contributed by atoms with Gasteiger partial charge in [0.05, 0.1) is 5.92 Å². The number of nitrogens with two attached hydrogens (primary N) is 1. The van der Waals surface area contributed by atoms with Gasteiger partial charge in [0.25, 0.3) is 0 Å². The second-order valence-electron chi connectivity index (χ2n) is 5.01. The van der Waals surface area contributed by atoms with E-state index in [1.54, 1.807) is 12.1 Å². The molecule has 1 saturated heterocycles. The number of rotatable bonds is 4. The zero-order chi connectivity index (χ0) is 14.0. The summed E-state index contributed by atoms with van der Waals surface area (Å²) < 4.78 is 0. The molecule has 1 fully saturated rings. The Morgan fingerprint density at radius 2 is 2.00 bits per heavy atom. The van der Waals surface area contributed by atoms with E-state index in [2.05, 4.69) is 4.90 Å². The molecule has 0 spiro atoms. The molecule has 102 valence electrons. The van der Waals surface area contributed by atoms with Crippen LogP contribution in [0, 0.1) is 5.92 Å². The van der Waals surface area contributed by atoms with Crippen molar-refractivity contribution in [2.75, 3.05) is 6.54 Å². The Labute approximate surface area is 112 Å². The van der Waals surface area contributed by atoms with E-state index < -0.39 is 11.9 Å². The molecule has 19 heavy (non-hydrogen) atoms. The Morgan fingerprint density at radius 3 is 2.47 bits per heavy atom.